The second kappa shape index (κ2) is 6.18. The third-order valence-electron chi connectivity index (χ3n) is 3.24. The summed E-state index contributed by atoms with van der Waals surface area (Å²) in [6.45, 7) is 3.45. The van der Waals surface area contributed by atoms with Gasteiger partial charge < -0.3 is 4.84 Å². The molecule has 0 unspecified atom stereocenters. The summed E-state index contributed by atoms with van der Waals surface area (Å²) in [6.07, 6.45) is 5.00. The Morgan fingerprint density at radius 3 is 2.42 bits per heavy atom. The molecule has 1 aliphatic rings. The van der Waals surface area contributed by atoms with Crippen LogP contribution in [0.5, 0.6) is 0 Å². The van der Waals surface area contributed by atoms with Crippen molar-refractivity contribution >= 4 is 11.9 Å². The minimum atomic E-state index is -0.511. The van der Waals surface area contributed by atoms with E-state index >= 15 is 0 Å². The Morgan fingerprint density at radius 1 is 1.21 bits per heavy atom. The van der Waals surface area contributed by atoms with Gasteiger partial charge >= 0.3 is 5.97 Å². The van der Waals surface area contributed by atoms with Gasteiger partial charge in [-0.1, -0.05) is 37.6 Å². The van der Waals surface area contributed by atoms with Gasteiger partial charge in [0.05, 0.1) is 11.6 Å². The Balaban J connectivity index is 2.09. The molecule has 0 aliphatic heterocycles. The Labute approximate surface area is 112 Å². The van der Waals surface area contributed by atoms with E-state index in [1.165, 1.54) is 11.1 Å². The molecule has 1 saturated carbocycles. The molecule has 4 nitrogen and oxygen atoms in total. The summed E-state index contributed by atoms with van der Waals surface area (Å²) in [5.41, 5.74) is 0.433. The van der Waals surface area contributed by atoms with E-state index in [1.807, 2.05) is 6.07 Å². The summed E-state index contributed by atoms with van der Waals surface area (Å²) in [5, 5.41) is 1.18. The van der Waals surface area contributed by atoms with E-state index < -0.39 is 5.97 Å². The maximum Gasteiger partial charge on any atom is 0.363 e. The highest BCUT2D eigenvalue weighted by Gasteiger charge is 2.29. The van der Waals surface area contributed by atoms with Gasteiger partial charge in [0.15, 0.2) is 0 Å². The van der Waals surface area contributed by atoms with Crippen LogP contribution in [0.25, 0.3) is 0 Å². The molecule has 1 aromatic carbocycles. The van der Waals surface area contributed by atoms with Gasteiger partial charge in [0.25, 0.3) is 5.91 Å². The molecule has 0 radical (unpaired) electrons. The second-order valence-electron chi connectivity index (χ2n) is 4.55. The van der Waals surface area contributed by atoms with Gasteiger partial charge in [-0.2, -0.15) is 5.06 Å². The Bertz CT molecular complexity index is 464. The summed E-state index contributed by atoms with van der Waals surface area (Å²) in [4.78, 5) is 29.0. The number of hydrogen-bond donors (Lipinski definition) is 0. The average molecular weight is 259 g/mol. The van der Waals surface area contributed by atoms with Crippen LogP contribution in [0, 0.1) is 0 Å². The molecule has 0 bridgehead atoms. The minimum absolute atomic E-state index is 0.0295. The molecule has 0 heterocycles. The fourth-order valence-electron chi connectivity index (χ4n) is 2.24. The number of hydrogen-bond acceptors (Lipinski definition) is 3. The van der Waals surface area contributed by atoms with E-state index in [0.29, 0.717) is 5.56 Å². The molecule has 100 valence electrons. The summed E-state index contributed by atoms with van der Waals surface area (Å²) in [7, 11) is 0. The fraction of sp³-hybridized carbons (Fsp3) is 0.333. The number of carbonyl (C=O) groups excluding carboxylic acids is 2. The molecule has 0 atom stereocenters. The first-order chi connectivity index (χ1) is 9.22. The van der Waals surface area contributed by atoms with Crippen LogP contribution in [0.2, 0.25) is 0 Å². The van der Waals surface area contributed by atoms with Gasteiger partial charge in [0.1, 0.15) is 0 Å². The monoisotopic (exact) mass is 259 g/mol. The number of benzene rings is 1. The Morgan fingerprint density at radius 2 is 1.84 bits per heavy atom. The van der Waals surface area contributed by atoms with Crippen LogP contribution >= 0.6 is 0 Å². The van der Waals surface area contributed by atoms with Crippen molar-refractivity contribution in [3.8, 4) is 0 Å². The van der Waals surface area contributed by atoms with E-state index in [-0.39, 0.29) is 11.9 Å². The molecule has 2 rings (SSSR count). The van der Waals surface area contributed by atoms with Crippen LogP contribution in [0.3, 0.4) is 0 Å². The lowest BCUT2D eigenvalue weighted by Crippen LogP contribution is -2.39. The lowest BCUT2D eigenvalue weighted by atomic mass is 10.2. The molecule has 0 saturated heterocycles. The maximum atomic E-state index is 12.0. The predicted molar refractivity (Wildman–Crippen MR) is 71.2 cm³/mol. The van der Waals surface area contributed by atoms with E-state index in [9.17, 15) is 9.59 Å². The molecule has 1 aromatic rings. The van der Waals surface area contributed by atoms with E-state index in [2.05, 4.69) is 6.58 Å². The van der Waals surface area contributed by atoms with Crippen LogP contribution in [0.4, 0.5) is 0 Å². The predicted octanol–water partition coefficient (Wildman–Crippen LogP) is 2.72. The second-order valence-corrected chi connectivity index (χ2v) is 4.55. The average Bonchev–Trinajstić information content (AvgIpc) is 2.98. The first kappa shape index (κ1) is 13.3. The van der Waals surface area contributed by atoms with Crippen molar-refractivity contribution in [3.63, 3.8) is 0 Å². The van der Waals surface area contributed by atoms with E-state index in [0.717, 1.165) is 25.7 Å². The SMILES string of the molecule is C=CC(=O)N(OC(=O)c1ccccc1)C1CCCC1. The molecule has 0 N–H and O–H groups in total. The van der Waals surface area contributed by atoms with Crippen molar-refractivity contribution in [1.82, 2.24) is 5.06 Å². The van der Waals surface area contributed by atoms with Gasteiger partial charge in [-0.05, 0) is 31.1 Å². The normalized spacial score (nSPS) is 14.9. The molecule has 1 aliphatic carbocycles. The lowest BCUT2D eigenvalue weighted by Gasteiger charge is -2.25. The zero-order valence-corrected chi connectivity index (χ0v) is 10.7. The fourth-order valence-corrected chi connectivity index (χ4v) is 2.24. The van der Waals surface area contributed by atoms with Gasteiger partial charge in [0, 0.05) is 0 Å². The smallest absolute Gasteiger partial charge is 0.332 e. The first-order valence-corrected chi connectivity index (χ1v) is 6.45. The van der Waals surface area contributed by atoms with Crippen molar-refractivity contribution in [2.45, 2.75) is 31.7 Å². The highest BCUT2D eigenvalue weighted by atomic mass is 16.7. The van der Waals surface area contributed by atoms with Crippen LogP contribution in [-0.4, -0.2) is 23.0 Å². The maximum absolute atomic E-state index is 12.0. The van der Waals surface area contributed by atoms with Crippen molar-refractivity contribution in [2.24, 2.45) is 0 Å². The Hall–Kier alpha value is -2.10. The Kier molecular flexibility index (Phi) is 4.34. The molecular weight excluding hydrogens is 242 g/mol. The number of nitrogens with zero attached hydrogens (tertiary/aromatic N) is 1. The van der Waals surface area contributed by atoms with Gasteiger partial charge in [-0.15, -0.1) is 0 Å². The van der Waals surface area contributed by atoms with Crippen LogP contribution < -0.4 is 0 Å². The van der Waals surface area contributed by atoms with Gasteiger partial charge in [-0.3, -0.25) is 4.79 Å². The third kappa shape index (κ3) is 3.22. The number of carbonyl (C=O) groups is 2. The third-order valence-corrected chi connectivity index (χ3v) is 3.24. The van der Waals surface area contributed by atoms with Crippen molar-refractivity contribution in [2.75, 3.05) is 0 Å². The molecular formula is C15H17NO3. The molecule has 4 heteroatoms. The molecule has 1 amide bonds. The number of hydroxylamine groups is 2. The van der Waals surface area contributed by atoms with Crippen LogP contribution in [0.15, 0.2) is 43.0 Å². The standard InChI is InChI=1S/C15H17NO3/c1-2-14(17)16(13-10-6-7-11-13)19-15(18)12-8-4-3-5-9-12/h2-5,8-9,13H,1,6-7,10-11H2. The minimum Gasteiger partial charge on any atom is -0.332 e. The highest BCUT2D eigenvalue weighted by Crippen LogP contribution is 2.24. The zero-order chi connectivity index (χ0) is 13.7. The van der Waals surface area contributed by atoms with Crippen molar-refractivity contribution in [3.05, 3.63) is 48.6 Å². The molecule has 0 aromatic heterocycles. The van der Waals surface area contributed by atoms with Crippen molar-refractivity contribution < 1.29 is 14.4 Å². The highest BCUT2D eigenvalue weighted by molar-refractivity contribution is 5.92. The zero-order valence-electron chi connectivity index (χ0n) is 10.7. The summed E-state index contributed by atoms with van der Waals surface area (Å²) in [6, 6.07) is 8.62. The van der Waals surface area contributed by atoms with E-state index in [1.54, 1.807) is 24.3 Å². The van der Waals surface area contributed by atoms with Gasteiger partial charge in [-0.25, -0.2) is 4.79 Å². The van der Waals surface area contributed by atoms with Gasteiger partial charge in [0.2, 0.25) is 0 Å². The molecule has 0 spiro atoms. The first-order valence-electron chi connectivity index (χ1n) is 6.45. The number of rotatable bonds is 3. The lowest BCUT2D eigenvalue weighted by molar-refractivity contribution is -0.171. The largest absolute Gasteiger partial charge is 0.363 e. The van der Waals surface area contributed by atoms with Crippen LogP contribution in [0.1, 0.15) is 36.0 Å². The topological polar surface area (TPSA) is 46.6 Å². The number of amides is 1. The van der Waals surface area contributed by atoms with Crippen molar-refractivity contribution in [1.29, 1.82) is 0 Å². The summed E-state index contributed by atoms with van der Waals surface area (Å²) < 4.78 is 0. The summed E-state index contributed by atoms with van der Waals surface area (Å²) >= 11 is 0. The molecule has 19 heavy (non-hydrogen) atoms. The van der Waals surface area contributed by atoms with Crippen LogP contribution in [-0.2, 0) is 9.63 Å². The quantitative estimate of drug-likeness (QED) is 0.619. The summed E-state index contributed by atoms with van der Waals surface area (Å²) in [5.74, 6) is -0.876. The van der Waals surface area contributed by atoms with E-state index in [4.69, 9.17) is 4.84 Å². The molecule has 1 fully saturated rings.